The van der Waals surface area contributed by atoms with E-state index >= 15 is 0 Å². The van der Waals surface area contributed by atoms with Crippen molar-refractivity contribution in [3.8, 4) is 0 Å². The molecule has 0 atom stereocenters. The number of amides is 2. The molecule has 0 aliphatic heterocycles. The van der Waals surface area contributed by atoms with Crippen molar-refractivity contribution in [1.29, 1.82) is 0 Å². The number of hydrogen-bond acceptors (Lipinski definition) is 6. The molecule has 8 heteroatoms. The van der Waals surface area contributed by atoms with E-state index < -0.39 is 12.2 Å². The van der Waals surface area contributed by atoms with E-state index in [1.54, 1.807) is 24.3 Å². The van der Waals surface area contributed by atoms with Gasteiger partial charge in [-0.3, -0.25) is 10.6 Å². The van der Waals surface area contributed by atoms with Crippen LogP contribution in [-0.4, -0.2) is 74.5 Å². The zero-order valence-electron chi connectivity index (χ0n) is 31.6. The lowest BCUT2D eigenvalue weighted by molar-refractivity contribution is 0.156. The molecule has 0 aliphatic rings. The van der Waals surface area contributed by atoms with Gasteiger partial charge in [0.2, 0.25) is 0 Å². The molecule has 0 radical (unpaired) electrons. The average molecular weight is 675 g/mol. The molecule has 0 spiro atoms. The maximum absolute atomic E-state index is 12.3. The minimum atomic E-state index is -0.482. The molecule has 1 rings (SSSR count). The second-order valence-electron chi connectivity index (χ2n) is 13.3. The fraction of sp³-hybridized carbons (Fsp3) is 0.800. The fourth-order valence-electron chi connectivity index (χ4n) is 5.98. The molecule has 0 aromatic heterocycles. The number of benzene rings is 1. The monoisotopic (exact) mass is 675 g/mol. The minimum absolute atomic E-state index is 0.390. The first-order valence-corrected chi connectivity index (χ1v) is 19.9. The zero-order chi connectivity index (χ0) is 34.9. The molecule has 0 heterocycles. The SMILES string of the molecule is CCCCCCCCCCN(CC)CCCCOC(=O)Nc1cccc(NC(=O)OCCCCN(CC)CCCCCCCCCC)c1. The summed E-state index contributed by atoms with van der Waals surface area (Å²) in [6.45, 7) is 16.3. The van der Waals surface area contributed by atoms with Gasteiger partial charge in [-0.05, 0) is 96.0 Å². The first kappa shape index (κ1) is 43.7. The van der Waals surface area contributed by atoms with Crippen LogP contribution < -0.4 is 10.6 Å². The Balaban J connectivity index is 2.14. The average Bonchev–Trinajstić information content (AvgIpc) is 3.08. The molecule has 0 bridgehead atoms. The Morgan fingerprint density at radius 1 is 0.500 bits per heavy atom. The molecule has 1 aromatic carbocycles. The second-order valence-corrected chi connectivity index (χ2v) is 13.3. The van der Waals surface area contributed by atoms with E-state index in [-0.39, 0.29) is 0 Å². The summed E-state index contributed by atoms with van der Waals surface area (Å²) in [7, 11) is 0. The third-order valence-electron chi connectivity index (χ3n) is 9.11. The number of carbonyl (C=O) groups excluding carboxylic acids is 2. The minimum Gasteiger partial charge on any atom is -0.449 e. The lowest BCUT2D eigenvalue weighted by atomic mass is 10.1. The van der Waals surface area contributed by atoms with E-state index in [0.29, 0.717) is 24.6 Å². The molecule has 0 saturated heterocycles. The van der Waals surface area contributed by atoms with Gasteiger partial charge in [-0.15, -0.1) is 0 Å². The van der Waals surface area contributed by atoms with Crippen LogP contribution in [0.3, 0.4) is 0 Å². The lowest BCUT2D eigenvalue weighted by Gasteiger charge is -2.20. The third kappa shape index (κ3) is 25.7. The van der Waals surface area contributed by atoms with Crippen LogP contribution in [0.25, 0.3) is 0 Å². The summed E-state index contributed by atoms with van der Waals surface area (Å²) < 4.78 is 10.8. The van der Waals surface area contributed by atoms with Gasteiger partial charge in [-0.1, -0.05) is 124 Å². The molecular formula is C40H74N4O4. The summed E-state index contributed by atoms with van der Waals surface area (Å²) >= 11 is 0. The van der Waals surface area contributed by atoms with Crippen molar-refractivity contribution in [1.82, 2.24) is 9.80 Å². The van der Waals surface area contributed by atoms with Gasteiger partial charge in [0.25, 0.3) is 0 Å². The van der Waals surface area contributed by atoms with Crippen LogP contribution in [0.5, 0.6) is 0 Å². The van der Waals surface area contributed by atoms with E-state index in [0.717, 1.165) is 65.0 Å². The molecule has 0 aliphatic carbocycles. The molecule has 278 valence electrons. The fourth-order valence-corrected chi connectivity index (χ4v) is 5.98. The van der Waals surface area contributed by atoms with Crippen molar-refractivity contribution in [3.63, 3.8) is 0 Å². The third-order valence-corrected chi connectivity index (χ3v) is 9.11. The lowest BCUT2D eigenvalue weighted by Crippen LogP contribution is -2.26. The van der Waals surface area contributed by atoms with E-state index in [9.17, 15) is 9.59 Å². The van der Waals surface area contributed by atoms with Crippen molar-refractivity contribution in [3.05, 3.63) is 24.3 Å². The van der Waals surface area contributed by atoms with Gasteiger partial charge in [-0.25, -0.2) is 9.59 Å². The molecule has 0 fully saturated rings. The highest BCUT2D eigenvalue weighted by molar-refractivity contribution is 5.88. The summed E-state index contributed by atoms with van der Waals surface area (Å²) in [4.78, 5) is 29.7. The van der Waals surface area contributed by atoms with Crippen molar-refractivity contribution < 1.29 is 19.1 Å². The summed E-state index contributed by atoms with van der Waals surface area (Å²) in [5.74, 6) is 0. The first-order chi connectivity index (χ1) is 23.5. The van der Waals surface area contributed by atoms with Gasteiger partial charge in [0, 0.05) is 11.4 Å². The number of rotatable bonds is 32. The predicted octanol–water partition coefficient (Wildman–Crippen LogP) is 11.3. The van der Waals surface area contributed by atoms with Crippen molar-refractivity contribution in [2.45, 2.75) is 156 Å². The van der Waals surface area contributed by atoms with Gasteiger partial charge in [0.1, 0.15) is 0 Å². The molecular weight excluding hydrogens is 600 g/mol. The first-order valence-electron chi connectivity index (χ1n) is 19.9. The highest BCUT2D eigenvalue weighted by Crippen LogP contribution is 2.16. The summed E-state index contributed by atoms with van der Waals surface area (Å²) in [6, 6.07) is 7.03. The topological polar surface area (TPSA) is 83.1 Å². The summed E-state index contributed by atoms with van der Waals surface area (Å²) in [5.41, 5.74) is 1.13. The smallest absolute Gasteiger partial charge is 0.411 e. The van der Waals surface area contributed by atoms with E-state index in [4.69, 9.17) is 9.47 Å². The molecule has 2 amide bonds. The Kier molecular flexibility index (Phi) is 29.1. The standard InChI is InChI=1S/C40H74N4O4/c1-5-9-11-13-15-17-19-21-30-43(7-3)32-23-25-34-47-39(45)41-37-28-27-29-38(36-37)42-40(46)48-35-26-24-33-44(8-4)31-22-20-18-16-14-12-10-6-2/h27-29,36H,5-26,30-35H2,1-4H3,(H,41,45)(H,42,46). The van der Waals surface area contributed by atoms with Crippen LogP contribution in [0.2, 0.25) is 0 Å². The number of unbranched alkanes of at least 4 members (excludes halogenated alkanes) is 16. The molecule has 0 unspecified atom stereocenters. The van der Waals surface area contributed by atoms with Crippen LogP contribution >= 0.6 is 0 Å². The molecule has 2 N–H and O–H groups in total. The van der Waals surface area contributed by atoms with Crippen molar-refractivity contribution in [2.75, 3.05) is 63.1 Å². The van der Waals surface area contributed by atoms with Crippen LogP contribution in [0, 0.1) is 0 Å². The van der Waals surface area contributed by atoms with Crippen LogP contribution in [0.4, 0.5) is 21.0 Å². The van der Waals surface area contributed by atoms with Gasteiger partial charge >= 0.3 is 12.2 Å². The number of ether oxygens (including phenoxy) is 2. The maximum atomic E-state index is 12.3. The van der Waals surface area contributed by atoms with E-state index in [1.807, 2.05) is 0 Å². The number of nitrogens with one attached hydrogen (secondary N) is 2. The number of nitrogens with zero attached hydrogens (tertiary/aromatic N) is 2. The summed E-state index contributed by atoms with van der Waals surface area (Å²) in [6.07, 6.45) is 24.3. The quantitative estimate of drug-likeness (QED) is 0.0740. The zero-order valence-corrected chi connectivity index (χ0v) is 31.6. The number of hydrogen-bond donors (Lipinski definition) is 2. The molecule has 0 saturated carbocycles. The summed E-state index contributed by atoms with van der Waals surface area (Å²) in [5, 5.41) is 5.52. The highest BCUT2D eigenvalue weighted by Gasteiger charge is 2.08. The van der Waals surface area contributed by atoms with Gasteiger partial charge < -0.3 is 19.3 Å². The van der Waals surface area contributed by atoms with E-state index in [1.165, 1.54) is 103 Å². The Hall–Kier alpha value is -2.32. The maximum Gasteiger partial charge on any atom is 0.411 e. The molecule has 1 aromatic rings. The Morgan fingerprint density at radius 2 is 0.833 bits per heavy atom. The van der Waals surface area contributed by atoms with Crippen LogP contribution in [-0.2, 0) is 9.47 Å². The van der Waals surface area contributed by atoms with Crippen LogP contribution in [0.15, 0.2) is 24.3 Å². The predicted molar refractivity (Wildman–Crippen MR) is 204 cm³/mol. The van der Waals surface area contributed by atoms with E-state index in [2.05, 4.69) is 48.1 Å². The Labute approximate surface area is 295 Å². The van der Waals surface area contributed by atoms with Gasteiger partial charge in [-0.2, -0.15) is 0 Å². The van der Waals surface area contributed by atoms with Crippen molar-refractivity contribution in [2.24, 2.45) is 0 Å². The Morgan fingerprint density at radius 3 is 1.19 bits per heavy atom. The highest BCUT2D eigenvalue weighted by atomic mass is 16.6. The number of anilines is 2. The second kappa shape index (κ2) is 31.9. The normalized spacial score (nSPS) is 11.3. The molecule has 48 heavy (non-hydrogen) atoms. The van der Waals surface area contributed by atoms with Crippen molar-refractivity contribution >= 4 is 23.6 Å². The van der Waals surface area contributed by atoms with Gasteiger partial charge in [0.15, 0.2) is 0 Å². The number of carbonyl (C=O) groups is 2. The van der Waals surface area contributed by atoms with Crippen LogP contribution in [0.1, 0.15) is 156 Å². The largest absolute Gasteiger partial charge is 0.449 e. The molecule has 8 nitrogen and oxygen atoms in total. The Bertz CT molecular complexity index is 832. The van der Waals surface area contributed by atoms with Gasteiger partial charge in [0.05, 0.1) is 13.2 Å².